The van der Waals surface area contributed by atoms with Crippen LogP contribution in [0.15, 0.2) is 125 Å². The van der Waals surface area contributed by atoms with Crippen molar-refractivity contribution in [2.75, 3.05) is 50.5 Å². The van der Waals surface area contributed by atoms with Crippen molar-refractivity contribution in [3.63, 3.8) is 0 Å². The number of rotatable bonds is 12. The number of halogens is 7. The summed E-state index contributed by atoms with van der Waals surface area (Å²) in [6, 6.07) is 33.5. The molecule has 0 saturated carbocycles. The van der Waals surface area contributed by atoms with Gasteiger partial charge >= 0.3 is 12.1 Å². The Bertz CT molecular complexity index is 4080. The van der Waals surface area contributed by atoms with Gasteiger partial charge in [-0.3, -0.25) is 24.0 Å². The number of carbonyl (C=O) groups is 6. The van der Waals surface area contributed by atoms with Crippen molar-refractivity contribution in [2.24, 2.45) is 15.5 Å². The fourth-order valence-electron chi connectivity index (χ4n) is 11.6. The molecule has 6 aromatic rings. The lowest BCUT2D eigenvalue weighted by Crippen LogP contribution is -2.33. The van der Waals surface area contributed by atoms with E-state index in [9.17, 15) is 41.9 Å². The van der Waals surface area contributed by atoms with Gasteiger partial charge in [-0.1, -0.05) is 116 Å². The fraction of sp³-hybridized carbons (Fsp3) is 0.384. The van der Waals surface area contributed by atoms with Crippen molar-refractivity contribution in [2.45, 2.75) is 131 Å². The Balaban J connectivity index is 0.000000177. The van der Waals surface area contributed by atoms with Crippen molar-refractivity contribution in [1.29, 1.82) is 0 Å². The molecule has 3 atom stereocenters. The first-order valence-electron chi connectivity index (χ1n) is 31.8. The highest BCUT2D eigenvalue weighted by Crippen LogP contribution is 2.41. The van der Waals surface area contributed by atoms with Crippen molar-refractivity contribution < 1.29 is 61.6 Å². The predicted octanol–water partition coefficient (Wildman–Crippen LogP) is 14.8. The summed E-state index contributed by atoms with van der Waals surface area (Å²) in [5, 5.41) is 29.5. The highest BCUT2D eigenvalue weighted by atomic mass is 127. The molecular formula is C73H79Cl3F3IN8O10. The molecule has 12 rings (SSSR count). The van der Waals surface area contributed by atoms with Crippen molar-refractivity contribution in [3.8, 4) is 0 Å². The summed E-state index contributed by atoms with van der Waals surface area (Å²) in [6.45, 7) is 20.4. The van der Waals surface area contributed by atoms with Crippen LogP contribution in [0.1, 0.15) is 164 Å². The van der Waals surface area contributed by atoms with Gasteiger partial charge < -0.3 is 45.0 Å². The molecule has 6 aliphatic heterocycles. The monoisotopic (exact) mass is 1520 g/mol. The first-order valence-corrected chi connectivity index (χ1v) is 34.5. The zero-order chi connectivity index (χ0) is 71.6. The molecule has 4 amide bonds. The van der Waals surface area contributed by atoms with Crippen LogP contribution in [-0.2, 0) is 45.7 Å². The molecule has 3 N–H and O–H groups in total. The van der Waals surface area contributed by atoms with Crippen LogP contribution in [0.25, 0.3) is 0 Å². The smallest absolute Gasteiger partial charge is 0.390 e. The minimum absolute atomic E-state index is 0.0952. The van der Waals surface area contributed by atoms with Crippen molar-refractivity contribution in [1.82, 2.24) is 25.3 Å². The number of aromatic carboxylic acids is 1. The first kappa shape index (κ1) is 75.9. The SMILES string of the molecule is CCCI.Cc1cc(Cl)cc(C2(C)CC(c3ccc(C(=O)N4CC(=O)N(CCC(F)(F)F)C4)c(C)c3)=NO2)c1.Cc1cc(Cl)cc(C2(C)CC(c3ccc(C(=O)N4CNC(=O)C4)c(C)c3)=NO2)c1.Cc1cc(Cl)cc(C2(C)CC(c3ccc(C(=O)O)c(C)c3)=NO2)c1.O=C1CCNC1. The van der Waals surface area contributed by atoms with Gasteiger partial charge in [0, 0.05) is 65.0 Å². The maximum absolute atomic E-state index is 13.0. The molecule has 18 nitrogen and oxygen atoms in total. The van der Waals surface area contributed by atoms with Crippen LogP contribution in [0.4, 0.5) is 13.2 Å². The van der Waals surface area contributed by atoms with Gasteiger partial charge in [0.05, 0.1) is 49.0 Å². The summed E-state index contributed by atoms with van der Waals surface area (Å²) in [4.78, 5) is 91.6. The predicted molar refractivity (Wildman–Crippen MR) is 382 cm³/mol. The Hall–Kier alpha value is -7.90. The van der Waals surface area contributed by atoms with E-state index in [1.54, 1.807) is 44.2 Å². The van der Waals surface area contributed by atoms with Gasteiger partial charge in [-0.15, -0.1) is 0 Å². The van der Waals surface area contributed by atoms with Gasteiger partial charge in [0.1, 0.15) is 18.9 Å². The number of aryl methyl sites for hydroxylation is 6. The second kappa shape index (κ2) is 32.4. The molecule has 0 spiro atoms. The summed E-state index contributed by atoms with van der Waals surface area (Å²) in [7, 11) is 0. The highest BCUT2D eigenvalue weighted by Gasteiger charge is 2.41. The van der Waals surface area contributed by atoms with E-state index in [0.717, 1.165) is 90.6 Å². The molecule has 0 aliphatic carbocycles. The molecule has 6 aromatic carbocycles. The molecule has 6 aliphatic rings. The number of nitrogens with one attached hydrogen (secondary N) is 2. The van der Waals surface area contributed by atoms with Gasteiger partial charge in [-0.25, -0.2) is 4.79 Å². The third-order valence-electron chi connectivity index (χ3n) is 17.1. The molecule has 6 heterocycles. The minimum Gasteiger partial charge on any atom is -0.478 e. The first-order chi connectivity index (χ1) is 46.2. The highest BCUT2D eigenvalue weighted by molar-refractivity contribution is 14.1. The number of hydrogen-bond acceptors (Lipinski definition) is 13. The number of Topliss-reactive ketones (excluding diaryl/α,β-unsaturated/α-hetero) is 1. The molecule has 3 fully saturated rings. The lowest BCUT2D eigenvalue weighted by Gasteiger charge is -2.22. The number of hydrogen-bond donors (Lipinski definition) is 3. The van der Waals surface area contributed by atoms with E-state index in [4.69, 9.17) is 54.4 Å². The molecular weight excluding hydrogens is 1440 g/mol. The molecule has 98 heavy (non-hydrogen) atoms. The minimum atomic E-state index is -4.36. The number of carbonyl (C=O) groups excluding carboxylic acids is 5. The number of benzene rings is 6. The zero-order valence-electron chi connectivity index (χ0n) is 56.2. The molecule has 0 bridgehead atoms. The summed E-state index contributed by atoms with van der Waals surface area (Å²) < 4.78 is 38.8. The molecule has 25 heteroatoms. The largest absolute Gasteiger partial charge is 0.478 e. The summed E-state index contributed by atoms with van der Waals surface area (Å²) >= 11 is 21.0. The van der Waals surface area contributed by atoms with Crippen LogP contribution in [0.2, 0.25) is 15.1 Å². The maximum atomic E-state index is 13.0. The van der Waals surface area contributed by atoms with Gasteiger partial charge in [0.15, 0.2) is 16.8 Å². The molecule has 3 saturated heterocycles. The Morgan fingerprint density at radius 1 is 0.602 bits per heavy atom. The zero-order valence-corrected chi connectivity index (χ0v) is 60.7. The van der Waals surface area contributed by atoms with E-state index in [2.05, 4.69) is 61.7 Å². The Kier molecular flexibility index (Phi) is 25.1. The molecule has 3 unspecified atom stereocenters. The molecule has 520 valence electrons. The van der Waals surface area contributed by atoms with E-state index in [1.807, 2.05) is 121 Å². The van der Waals surface area contributed by atoms with Crippen LogP contribution in [0, 0.1) is 41.5 Å². The number of alkyl halides is 4. The number of carboxylic acid groups (broad SMARTS) is 1. The fourth-order valence-corrected chi connectivity index (χ4v) is 12.5. The molecule has 0 aromatic heterocycles. The third kappa shape index (κ3) is 19.5. The van der Waals surface area contributed by atoms with E-state index < -0.39 is 53.7 Å². The van der Waals surface area contributed by atoms with Crippen LogP contribution >= 0.6 is 57.4 Å². The van der Waals surface area contributed by atoms with E-state index in [1.165, 1.54) is 20.6 Å². The Morgan fingerprint density at radius 2 is 1.00 bits per heavy atom. The summed E-state index contributed by atoms with van der Waals surface area (Å²) in [5.74, 6) is -1.78. The molecule has 0 radical (unpaired) electrons. The van der Waals surface area contributed by atoms with Crippen LogP contribution in [-0.4, -0.2) is 129 Å². The Labute approximate surface area is 597 Å². The van der Waals surface area contributed by atoms with Gasteiger partial charge in [-0.2, -0.15) is 13.2 Å². The lowest BCUT2D eigenvalue weighted by atomic mass is 9.88. The van der Waals surface area contributed by atoms with Crippen molar-refractivity contribution in [3.05, 3.63) is 208 Å². The van der Waals surface area contributed by atoms with E-state index >= 15 is 0 Å². The van der Waals surface area contributed by atoms with Crippen molar-refractivity contribution >= 4 is 110 Å². The normalized spacial score (nSPS) is 20.0. The topological polar surface area (TPSA) is 221 Å². The maximum Gasteiger partial charge on any atom is 0.390 e. The average molecular weight is 1520 g/mol. The number of nitrogens with zero attached hydrogens (tertiary/aromatic N) is 6. The summed E-state index contributed by atoms with van der Waals surface area (Å²) in [5.41, 5.74) is 12.6. The Morgan fingerprint density at radius 3 is 1.31 bits per heavy atom. The third-order valence-corrected chi connectivity index (χ3v) is 18.8. The van der Waals surface area contributed by atoms with Gasteiger partial charge in [0.2, 0.25) is 11.8 Å². The van der Waals surface area contributed by atoms with Crippen LogP contribution < -0.4 is 10.6 Å². The number of oxime groups is 3. The van der Waals surface area contributed by atoms with Crippen LogP contribution in [0.3, 0.4) is 0 Å². The van der Waals surface area contributed by atoms with E-state index in [0.29, 0.717) is 74.5 Å². The van der Waals surface area contributed by atoms with Gasteiger partial charge in [0.25, 0.3) is 11.8 Å². The average Bonchev–Trinajstić information content (AvgIpc) is 1.63. The van der Waals surface area contributed by atoms with Gasteiger partial charge in [-0.05, 0) is 213 Å². The number of carboxylic acids is 1. The lowest BCUT2D eigenvalue weighted by molar-refractivity contribution is -0.142. The standard InChI is InChI=1S/C25H25ClF3N3O3.C22H22ClN3O3.C19H18ClNO3.C4H7NO.C3H7I/c1-15-8-18(11-19(26)9-15)24(3)12-21(30-35-24)17-4-5-20(16(2)10-17)23(34)32-13-22(33)31(14-32)7-6-25(27,28)29;1-13-6-16(9-17(23)7-13)22(3)10-19(25-29-22)15-4-5-18(14(2)8-15)21(28)26-11-20(27)24-12-26;1-11-6-14(9-15(20)7-11)19(3)10-17(21-24-19)13-4-5-16(18(22)23)12(2)8-13;6-4-1-2-5-3-4;1-2-3-4/h4-5,8-11H,6-7,12-14H2,1-3H3;4-9H,10-12H2,1-3H3,(H,24,27);4-9H,10H2,1-3H3,(H,22,23);5H,1-3H2;2-3H2,1H3. The number of amides is 4. The second-order valence-corrected chi connectivity index (χ2v) is 28.0. The quantitative estimate of drug-likeness (QED) is 0.0772. The van der Waals surface area contributed by atoms with E-state index in [-0.39, 0.29) is 38.2 Å². The second-order valence-electron chi connectivity index (χ2n) is 25.6. The summed E-state index contributed by atoms with van der Waals surface area (Å²) in [6.07, 6.45) is -1.72. The van der Waals surface area contributed by atoms with Crippen LogP contribution in [0.5, 0.6) is 0 Å². The number of ketones is 1.